The number of halogens is 1. The summed E-state index contributed by atoms with van der Waals surface area (Å²) in [7, 11) is 0. The zero-order valence-corrected chi connectivity index (χ0v) is 17.7. The van der Waals surface area contributed by atoms with Crippen molar-refractivity contribution in [3.8, 4) is 5.75 Å². The second-order valence-corrected chi connectivity index (χ2v) is 7.68. The Kier molecular flexibility index (Phi) is 7.99. The molecule has 0 unspecified atom stereocenters. The molecule has 3 aromatic rings. The highest BCUT2D eigenvalue weighted by Gasteiger charge is 2.15. The predicted octanol–water partition coefficient (Wildman–Crippen LogP) is 4.70. The van der Waals surface area contributed by atoms with E-state index in [0.29, 0.717) is 22.3 Å². The topological polar surface area (TPSA) is 49.8 Å². The fourth-order valence-corrected chi connectivity index (χ4v) is 3.61. The number of aliphatic hydroxyl groups excluding tert-OH is 1. The number of hydrogen-bond donors (Lipinski definition) is 1. The van der Waals surface area contributed by atoms with Gasteiger partial charge in [0.2, 0.25) is 0 Å². The Hall–Kier alpha value is -2.47. The number of hydrogen-bond acceptors (Lipinski definition) is 4. The Morgan fingerprint density at radius 3 is 2.03 bits per heavy atom. The number of aliphatic hydroxyl groups is 1. The molecule has 0 bridgehead atoms. The van der Waals surface area contributed by atoms with E-state index in [9.17, 15) is 9.90 Å². The molecule has 0 heterocycles. The average molecular weight is 454 g/mol. The summed E-state index contributed by atoms with van der Waals surface area (Å²) >= 11 is 3.38. The van der Waals surface area contributed by atoms with Gasteiger partial charge >= 0.3 is 0 Å². The van der Waals surface area contributed by atoms with E-state index < -0.39 is 6.10 Å². The summed E-state index contributed by atoms with van der Waals surface area (Å²) in [6.07, 6.45) is 0.101. The molecular weight excluding hydrogens is 430 g/mol. The maximum Gasteiger partial charge on any atom is 0.151 e. The molecule has 0 saturated heterocycles. The number of carbonyl (C=O) groups excluding carboxylic acids is 1. The maximum atomic E-state index is 11.1. The van der Waals surface area contributed by atoms with Crippen molar-refractivity contribution in [1.82, 2.24) is 4.90 Å². The molecule has 0 aliphatic carbocycles. The van der Waals surface area contributed by atoms with Crippen LogP contribution in [0, 0.1) is 0 Å². The van der Waals surface area contributed by atoms with E-state index in [0.717, 1.165) is 19.4 Å². The first-order valence-electron chi connectivity index (χ1n) is 9.50. The molecule has 0 aromatic heterocycles. The molecule has 0 amide bonds. The van der Waals surface area contributed by atoms with E-state index in [4.69, 9.17) is 4.74 Å². The van der Waals surface area contributed by atoms with Gasteiger partial charge in [-0.1, -0.05) is 72.8 Å². The Morgan fingerprint density at radius 1 is 0.897 bits per heavy atom. The summed E-state index contributed by atoms with van der Waals surface area (Å²) in [6.45, 7) is 2.07. The Morgan fingerprint density at radius 2 is 1.48 bits per heavy atom. The largest absolute Gasteiger partial charge is 0.490 e. The lowest BCUT2D eigenvalue weighted by atomic mass is 10.1. The highest BCUT2D eigenvalue weighted by molar-refractivity contribution is 9.10. The quantitative estimate of drug-likeness (QED) is 0.451. The summed E-state index contributed by atoms with van der Waals surface area (Å²) in [5.74, 6) is 0.548. The Balaban J connectivity index is 1.64. The summed E-state index contributed by atoms with van der Waals surface area (Å²) in [4.78, 5) is 13.3. The number of aldehydes is 1. The molecule has 5 heteroatoms. The van der Waals surface area contributed by atoms with Crippen LogP contribution >= 0.6 is 15.9 Å². The number of benzene rings is 3. The van der Waals surface area contributed by atoms with E-state index in [1.807, 2.05) is 36.4 Å². The summed E-state index contributed by atoms with van der Waals surface area (Å²) < 4.78 is 6.36. The van der Waals surface area contributed by atoms with Gasteiger partial charge < -0.3 is 9.84 Å². The normalized spacial score (nSPS) is 12.0. The van der Waals surface area contributed by atoms with Gasteiger partial charge in [-0.05, 0) is 33.1 Å². The van der Waals surface area contributed by atoms with E-state index >= 15 is 0 Å². The third kappa shape index (κ3) is 6.53. The third-order valence-corrected chi connectivity index (χ3v) is 5.37. The van der Waals surface area contributed by atoms with Gasteiger partial charge in [-0.3, -0.25) is 9.69 Å². The minimum atomic E-state index is -0.672. The molecule has 0 aliphatic rings. The van der Waals surface area contributed by atoms with Gasteiger partial charge in [0.15, 0.2) is 6.29 Å². The van der Waals surface area contributed by atoms with Crippen LogP contribution in [-0.2, 0) is 13.1 Å². The van der Waals surface area contributed by atoms with Crippen LogP contribution in [0.5, 0.6) is 5.75 Å². The van der Waals surface area contributed by atoms with Crippen molar-refractivity contribution in [2.75, 3.05) is 13.2 Å². The highest BCUT2D eigenvalue weighted by atomic mass is 79.9. The minimum Gasteiger partial charge on any atom is -0.490 e. The zero-order chi connectivity index (χ0) is 20.5. The zero-order valence-electron chi connectivity index (χ0n) is 16.1. The predicted molar refractivity (Wildman–Crippen MR) is 118 cm³/mol. The second kappa shape index (κ2) is 10.9. The summed E-state index contributed by atoms with van der Waals surface area (Å²) in [5, 5.41) is 10.6. The average Bonchev–Trinajstić information content (AvgIpc) is 2.74. The number of ether oxygens (including phenoxy) is 1. The Bertz CT molecular complexity index is 861. The van der Waals surface area contributed by atoms with Crippen molar-refractivity contribution in [3.05, 3.63) is 100 Å². The van der Waals surface area contributed by atoms with Crippen LogP contribution in [0.25, 0.3) is 0 Å². The molecule has 0 aliphatic heterocycles. The van der Waals surface area contributed by atoms with Crippen LogP contribution in [-0.4, -0.2) is 35.5 Å². The minimum absolute atomic E-state index is 0.140. The lowest BCUT2D eigenvalue weighted by Gasteiger charge is -2.25. The van der Waals surface area contributed by atoms with Crippen LogP contribution in [0.4, 0.5) is 0 Å². The molecule has 1 atom stereocenters. The monoisotopic (exact) mass is 453 g/mol. The van der Waals surface area contributed by atoms with E-state index in [1.54, 1.807) is 18.2 Å². The third-order valence-electron chi connectivity index (χ3n) is 4.52. The molecule has 0 spiro atoms. The molecule has 0 radical (unpaired) electrons. The number of rotatable bonds is 10. The second-order valence-electron chi connectivity index (χ2n) is 6.88. The van der Waals surface area contributed by atoms with Crippen LogP contribution < -0.4 is 4.74 Å². The van der Waals surface area contributed by atoms with Crippen LogP contribution in [0.15, 0.2) is 83.3 Å². The molecule has 3 rings (SSSR count). The fourth-order valence-electron chi connectivity index (χ4n) is 3.14. The maximum absolute atomic E-state index is 11.1. The van der Waals surface area contributed by atoms with Crippen LogP contribution in [0.2, 0.25) is 0 Å². The van der Waals surface area contributed by atoms with Gasteiger partial charge in [-0.2, -0.15) is 0 Å². The molecule has 4 nitrogen and oxygen atoms in total. The standard InChI is InChI=1S/C24H24BrNO3/c25-24-21(17-27)12-7-13-23(24)29-18-22(28)16-26(14-19-8-3-1-4-9-19)15-20-10-5-2-6-11-20/h1-13,17,22,28H,14-16,18H2/t22-/m1/s1. The molecule has 29 heavy (non-hydrogen) atoms. The van der Waals surface area contributed by atoms with Crippen LogP contribution in [0.1, 0.15) is 21.5 Å². The van der Waals surface area contributed by atoms with Gasteiger partial charge in [0, 0.05) is 25.2 Å². The Labute approximate surface area is 179 Å². The van der Waals surface area contributed by atoms with Crippen molar-refractivity contribution in [3.63, 3.8) is 0 Å². The lowest BCUT2D eigenvalue weighted by Crippen LogP contribution is -2.35. The smallest absolute Gasteiger partial charge is 0.151 e. The van der Waals surface area contributed by atoms with Crippen molar-refractivity contribution < 1.29 is 14.6 Å². The van der Waals surface area contributed by atoms with Gasteiger partial charge in [0.05, 0.1) is 4.47 Å². The number of nitrogens with zero attached hydrogens (tertiary/aromatic N) is 1. The SMILES string of the molecule is O=Cc1cccc(OC[C@H](O)CN(Cc2ccccc2)Cc2ccccc2)c1Br. The van der Waals surface area contributed by atoms with E-state index in [2.05, 4.69) is 45.1 Å². The summed E-state index contributed by atoms with van der Waals surface area (Å²) in [6, 6.07) is 25.7. The van der Waals surface area contributed by atoms with E-state index in [1.165, 1.54) is 11.1 Å². The highest BCUT2D eigenvalue weighted by Crippen LogP contribution is 2.27. The van der Waals surface area contributed by atoms with Crippen LogP contribution in [0.3, 0.4) is 0 Å². The molecule has 0 saturated carbocycles. The first-order valence-corrected chi connectivity index (χ1v) is 10.3. The van der Waals surface area contributed by atoms with Crippen molar-refractivity contribution in [2.45, 2.75) is 19.2 Å². The summed E-state index contributed by atoms with van der Waals surface area (Å²) in [5.41, 5.74) is 2.91. The first-order chi connectivity index (χ1) is 14.2. The number of carbonyl (C=O) groups is 1. The molecule has 1 N–H and O–H groups in total. The van der Waals surface area contributed by atoms with Crippen molar-refractivity contribution >= 4 is 22.2 Å². The van der Waals surface area contributed by atoms with Gasteiger partial charge in [-0.15, -0.1) is 0 Å². The fraction of sp³-hybridized carbons (Fsp3) is 0.208. The van der Waals surface area contributed by atoms with Gasteiger partial charge in [0.25, 0.3) is 0 Å². The van der Waals surface area contributed by atoms with Gasteiger partial charge in [0.1, 0.15) is 18.5 Å². The first kappa shape index (κ1) is 21.2. The van der Waals surface area contributed by atoms with Crippen molar-refractivity contribution in [1.29, 1.82) is 0 Å². The molecule has 150 valence electrons. The van der Waals surface area contributed by atoms with Crippen molar-refractivity contribution in [2.24, 2.45) is 0 Å². The van der Waals surface area contributed by atoms with E-state index in [-0.39, 0.29) is 6.61 Å². The van der Waals surface area contributed by atoms with Gasteiger partial charge in [-0.25, -0.2) is 0 Å². The molecule has 0 fully saturated rings. The molecule has 3 aromatic carbocycles. The molecular formula is C24H24BrNO3. The lowest BCUT2D eigenvalue weighted by molar-refractivity contribution is 0.0626.